The van der Waals surface area contributed by atoms with Crippen LogP contribution in [0.5, 0.6) is 0 Å². The van der Waals surface area contributed by atoms with E-state index in [0.29, 0.717) is 12.5 Å². The molecule has 1 fully saturated rings. The smallest absolute Gasteiger partial charge is 0.267 e. The van der Waals surface area contributed by atoms with Crippen molar-refractivity contribution in [2.45, 2.75) is 38.0 Å². The van der Waals surface area contributed by atoms with Crippen molar-refractivity contribution in [3.05, 3.63) is 45.0 Å². The molecule has 1 saturated heterocycles. The Labute approximate surface area is 150 Å². The van der Waals surface area contributed by atoms with Gasteiger partial charge in [-0.3, -0.25) is 4.79 Å². The predicted octanol–water partition coefficient (Wildman–Crippen LogP) is 1.45. The van der Waals surface area contributed by atoms with E-state index >= 15 is 0 Å². The quantitative estimate of drug-likeness (QED) is 0.830. The van der Waals surface area contributed by atoms with Crippen molar-refractivity contribution in [1.29, 1.82) is 0 Å². The average molecular weight is 355 g/mol. The van der Waals surface area contributed by atoms with Crippen molar-refractivity contribution in [1.82, 2.24) is 20.0 Å². The lowest BCUT2D eigenvalue weighted by molar-refractivity contribution is 0.330. The molecule has 3 aliphatic rings. The molecule has 7 heteroatoms. The van der Waals surface area contributed by atoms with Crippen LogP contribution in [-0.4, -0.2) is 38.8 Å². The van der Waals surface area contributed by atoms with Gasteiger partial charge in [-0.25, -0.2) is 4.68 Å². The first kappa shape index (κ1) is 15.4. The first-order chi connectivity index (χ1) is 12.3. The van der Waals surface area contributed by atoms with Crippen molar-refractivity contribution in [2.75, 3.05) is 23.7 Å². The second-order valence-electron chi connectivity index (χ2n) is 7.24. The van der Waals surface area contributed by atoms with E-state index in [1.54, 1.807) is 10.7 Å². The van der Waals surface area contributed by atoms with Gasteiger partial charge in [0.1, 0.15) is 0 Å². The molecule has 0 spiro atoms. The van der Waals surface area contributed by atoms with Crippen LogP contribution in [0.15, 0.2) is 16.9 Å². The van der Waals surface area contributed by atoms with Crippen LogP contribution in [0.2, 0.25) is 0 Å². The van der Waals surface area contributed by atoms with Gasteiger partial charge >= 0.3 is 0 Å². The molecule has 2 aromatic heterocycles. The minimum Gasteiger partial charge on any atom is -0.354 e. The first-order valence-electron chi connectivity index (χ1n) is 9.04. The highest BCUT2D eigenvalue weighted by Crippen LogP contribution is 2.28. The highest BCUT2D eigenvalue weighted by molar-refractivity contribution is 7.98. The minimum absolute atomic E-state index is 0.0460. The number of thioether (sulfide) groups is 1. The highest BCUT2D eigenvalue weighted by Gasteiger charge is 2.30. The van der Waals surface area contributed by atoms with Gasteiger partial charge in [0.25, 0.3) is 5.56 Å². The summed E-state index contributed by atoms with van der Waals surface area (Å²) in [4.78, 5) is 14.5. The Morgan fingerprint density at radius 1 is 1.08 bits per heavy atom. The van der Waals surface area contributed by atoms with Gasteiger partial charge in [-0.1, -0.05) is 0 Å². The van der Waals surface area contributed by atoms with Gasteiger partial charge in [-0.05, 0) is 42.2 Å². The number of hydrogen-bond donors (Lipinski definition) is 0. The van der Waals surface area contributed by atoms with E-state index in [1.165, 1.54) is 5.56 Å². The third-order valence-corrected chi connectivity index (χ3v) is 6.43. The Morgan fingerprint density at radius 3 is 2.92 bits per heavy atom. The summed E-state index contributed by atoms with van der Waals surface area (Å²) in [7, 11) is 0. The maximum absolute atomic E-state index is 12.2. The first-order valence-corrected chi connectivity index (χ1v) is 10.2. The fourth-order valence-corrected chi connectivity index (χ4v) is 4.92. The lowest BCUT2D eigenvalue weighted by Crippen LogP contribution is -2.50. The number of aromatic nitrogens is 4. The van der Waals surface area contributed by atoms with Gasteiger partial charge in [0, 0.05) is 37.2 Å². The van der Waals surface area contributed by atoms with Gasteiger partial charge in [-0.15, -0.1) is 5.10 Å². The molecule has 0 unspecified atom stereocenters. The molecular formula is C18H21N5OS. The van der Waals surface area contributed by atoms with Crippen LogP contribution < -0.4 is 10.5 Å². The van der Waals surface area contributed by atoms with E-state index in [2.05, 4.69) is 26.3 Å². The highest BCUT2D eigenvalue weighted by atomic mass is 32.2. The van der Waals surface area contributed by atoms with Gasteiger partial charge in [0.15, 0.2) is 5.82 Å². The Balaban J connectivity index is 1.26. The summed E-state index contributed by atoms with van der Waals surface area (Å²) in [6, 6.07) is 3.99. The fourth-order valence-electron chi connectivity index (χ4n) is 3.97. The number of nitrogens with zero attached hydrogens (tertiary/aromatic N) is 5. The molecular weight excluding hydrogens is 334 g/mol. The fraction of sp³-hybridized carbons (Fsp3) is 0.556. The van der Waals surface area contributed by atoms with E-state index < -0.39 is 0 Å². The van der Waals surface area contributed by atoms with Crippen molar-refractivity contribution >= 4 is 17.6 Å². The molecule has 0 bridgehead atoms. The Kier molecular flexibility index (Phi) is 3.77. The molecule has 2 aliphatic heterocycles. The number of rotatable bonds is 3. The van der Waals surface area contributed by atoms with Crippen LogP contribution in [0, 0.1) is 5.92 Å². The van der Waals surface area contributed by atoms with Gasteiger partial charge in [0.05, 0.1) is 17.9 Å². The Hall–Kier alpha value is -1.89. The minimum atomic E-state index is 0.0460. The van der Waals surface area contributed by atoms with Crippen molar-refractivity contribution in [3.63, 3.8) is 0 Å². The van der Waals surface area contributed by atoms with Gasteiger partial charge < -0.3 is 4.90 Å². The average Bonchev–Trinajstić information content (AvgIpc) is 3.04. The summed E-state index contributed by atoms with van der Waals surface area (Å²) >= 11 is 1.96. The molecule has 0 amide bonds. The molecule has 5 rings (SSSR count). The number of anilines is 1. The zero-order valence-electron chi connectivity index (χ0n) is 14.1. The van der Waals surface area contributed by atoms with E-state index in [4.69, 9.17) is 0 Å². The van der Waals surface area contributed by atoms with Crippen LogP contribution in [-0.2, 0) is 31.6 Å². The van der Waals surface area contributed by atoms with E-state index in [0.717, 1.165) is 73.0 Å². The largest absolute Gasteiger partial charge is 0.354 e. The molecule has 2 aromatic rings. The van der Waals surface area contributed by atoms with Crippen LogP contribution in [0.25, 0.3) is 0 Å². The SMILES string of the molecule is O=c1cc2c(nn1CC1CN(c3cc4c(nn3)CCSC4)C1)CCC2. The van der Waals surface area contributed by atoms with Crippen molar-refractivity contribution < 1.29 is 0 Å². The van der Waals surface area contributed by atoms with Crippen LogP contribution in [0.4, 0.5) is 5.82 Å². The third kappa shape index (κ3) is 2.84. The van der Waals surface area contributed by atoms with Crippen LogP contribution >= 0.6 is 11.8 Å². The summed E-state index contributed by atoms with van der Waals surface area (Å²) in [5.41, 5.74) is 4.81. The molecule has 0 atom stereocenters. The number of aryl methyl sites for hydroxylation is 3. The van der Waals surface area contributed by atoms with Crippen LogP contribution in [0.3, 0.4) is 0 Å². The van der Waals surface area contributed by atoms with E-state index in [1.807, 2.05) is 11.8 Å². The molecule has 25 heavy (non-hydrogen) atoms. The van der Waals surface area contributed by atoms with Crippen molar-refractivity contribution in [3.8, 4) is 0 Å². The maximum Gasteiger partial charge on any atom is 0.267 e. The molecule has 0 aromatic carbocycles. The van der Waals surface area contributed by atoms with E-state index in [9.17, 15) is 4.79 Å². The summed E-state index contributed by atoms with van der Waals surface area (Å²) in [6.07, 6.45) is 4.17. The summed E-state index contributed by atoms with van der Waals surface area (Å²) < 4.78 is 1.67. The number of hydrogen-bond acceptors (Lipinski definition) is 6. The summed E-state index contributed by atoms with van der Waals surface area (Å²) in [5.74, 6) is 3.63. The third-order valence-electron chi connectivity index (χ3n) is 5.42. The molecule has 0 radical (unpaired) electrons. The second-order valence-corrected chi connectivity index (χ2v) is 8.34. The van der Waals surface area contributed by atoms with Gasteiger partial charge in [0.2, 0.25) is 0 Å². The lowest BCUT2D eigenvalue weighted by Gasteiger charge is -2.40. The predicted molar refractivity (Wildman–Crippen MR) is 98.1 cm³/mol. The zero-order valence-corrected chi connectivity index (χ0v) is 15.0. The molecule has 0 N–H and O–H groups in total. The van der Waals surface area contributed by atoms with Gasteiger partial charge in [-0.2, -0.15) is 22.0 Å². The normalized spacial score (nSPS) is 19.4. The topological polar surface area (TPSA) is 63.9 Å². The zero-order chi connectivity index (χ0) is 16.8. The monoisotopic (exact) mass is 355 g/mol. The Bertz CT molecular complexity index is 874. The number of fused-ring (bicyclic) bond motifs is 2. The van der Waals surface area contributed by atoms with Crippen molar-refractivity contribution in [2.24, 2.45) is 5.92 Å². The lowest BCUT2D eigenvalue weighted by atomic mass is 10.00. The molecule has 0 saturated carbocycles. The summed E-state index contributed by atoms with van der Waals surface area (Å²) in [5, 5.41) is 13.4. The van der Waals surface area contributed by atoms with Crippen LogP contribution in [0.1, 0.15) is 28.9 Å². The second kappa shape index (κ2) is 6.12. The summed E-state index contributed by atoms with van der Waals surface area (Å²) in [6.45, 7) is 2.55. The molecule has 6 nitrogen and oxygen atoms in total. The maximum atomic E-state index is 12.2. The molecule has 4 heterocycles. The standard InChI is InChI=1S/C18H21N5OS/c24-18-7-13-2-1-3-16(13)21-23(18)10-12-8-22(9-12)17-6-14-11-25-5-4-15(14)19-20-17/h6-7,12H,1-5,8-11H2. The molecule has 1 aliphatic carbocycles. The molecule has 130 valence electrons. The Morgan fingerprint density at radius 2 is 2.00 bits per heavy atom. The van der Waals surface area contributed by atoms with E-state index in [-0.39, 0.29) is 5.56 Å².